The van der Waals surface area contributed by atoms with Crippen molar-refractivity contribution in [3.8, 4) is 17.0 Å². The van der Waals surface area contributed by atoms with Crippen LogP contribution >= 0.6 is 23.3 Å². The summed E-state index contributed by atoms with van der Waals surface area (Å²) in [6.45, 7) is 4.29. The number of carbonyl (C=O) groups is 1. The van der Waals surface area contributed by atoms with Gasteiger partial charge in [0, 0.05) is 17.6 Å². The lowest BCUT2D eigenvalue weighted by molar-refractivity contribution is -0.134. The summed E-state index contributed by atoms with van der Waals surface area (Å²) in [5, 5.41) is 0.818. The van der Waals surface area contributed by atoms with E-state index in [1.807, 2.05) is 29.2 Å². The van der Waals surface area contributed by atoms with Crippen LogP contribution in [0, 0.1) is 0 Å². The number of hydrogen-bond donors (Lipinski definition) is 0. The second-order valence-electron chi connectivity index (χ2n) is 7.33. The Labute approximate surface area is 178 Å². The SMILES string of the molecule is COc1ccc(-c2nsc3c(SCC(=O)N4C(C)CCCC4C)ncnc23)cc1. The summed E-state index contributed by atoms with van der Waals surface area (Å²) in [5.74, 6) is 1.37. The normalized spacial score (nSPS) is 19.5. The number of likely N-dealkylation sites (tertiary alicyclic amines) is 1. The van der Waals surface area contributed by atoms with E-state index in [0.717, 1.165) is 45.1 Å². The number of rotatable bonds is 5. The third kappa shape index (κ3) is 4.09. The van der Waals surface area contributed by atoms with Gasteiger partial charge in [-0.25, -0.2) is 9.97 Å². The van der Waals surface area contributed by atoms with Crippen LogP contribution in [0.1, 0.15) is 33.1 Å². The fraction of sp³-hybridized carbons (Fsp3) is 0.429. The van der Waals surface area contributed by atoms with Crippen molar-refractivity contribution in [3.05, 3.63) is 30.6 Å². The summed E-state index contributed by atoms with van der Waals surface area (Å²) in [5.41, 5.74) is 2.64. The van der Waals surface area contributed by atoms with Crippen LogP contribution in [-0.2, 0) is 4.79 Å². The van der Waals surface area contributed by atoms with Gasteiger partial charge in [0.2, 0.25) is 5.91 Å². The molecule has 1 aliphatic rings. The van der Waals surface area contributed by atoms with Crippen LogP contribution < -0.4 is 4.74 Å². The van der Waals surface area contributed by atoms with Crippen molar-refractivity contribution >= 4 is 39.4 Å². The monoisotopic (exact) mass is 428 g/mol. The molecule has 1 amide bonds. The van der Waals surface area contributed by atoms with Gasteiger partial charge in [-0.05, 0) is 68.9 Å². The van der Waals surface area contributed by atoms with E-state index in [9.17, 15) is 4.79 Å². The molecule has 1 saturated heterocycles. The van der Waals surface area contributed by atoms with E-state index in [-0.39, 0.29) is 5.91 Å². The molecule has 0 N–H and O–H groups in total. The van der Waals surface area contributed by atoms with Gasteiger partial charge < -0.3 is 9.64 Å². The van der Waals surface area contributed by atoms with Gasteiger partial charge in [-0.2, -0.15) is 4.37 Å². The van der Waals surface area contributed by atoms with Crippen LogP contribution in [0.25, 0.3) is 21.5 Å². The van der Waals surface area contributed by atoms with E-state index in [0.29, 0.717) is 17.8 Å². The molecule has 0 bridgehead atoms. The second-order valence-corrected chi connectivity index (χ2v) is 9.07. The number of nitrogens with zero attached hydrogens (tertiary/aromatic N) is 4. The first kappa shape index (κ1) is 20.1. The average Bonchev–Trinajstić information content (AvgIpc) is 3.17. The van der Waals surface area contributed by atoms with E-state index < -0.39 is 0 Å². The fourth-order valence-electron chi connectivity index (χ4n) is 3.90. The summed E-state index contributed by atoms with van der Waals surface area (Å²) in [6, 6.07) is 8.40. The van der Waals surface area contributed by atoms with Crippen molar-refractivity contribution in [2.75, 3.05) is 12.9 Å². The minimum Gasteiger partial charge on any atom is -0.497 e. The standard InChI is InChI=1S/C21H24N4O2S2/c1-13-5-4-6-14(2)25(13)17(26)11-28-21-20-19(22-12-23-21)18(24-29-20)15-7-9-16(27-3)10-8-15/h7-10,12-14H,4-6,11H2,1-3H3. The predicted molar refractivity (Wildman–Crippen MR) is 118 cm³/mol. The molecule has 3 heterocycles. The second kappa shape index (κ2) is 8.67. The number of carbonyl (C=O) groups excluding carboxylic acids is 1. The molecule has 0 radical (unpaired) electrons. The number of thioether (sulfide) groups is 1. The number of piperidine rings is 1. The zero-order chi connectivity index (χ0) is 20.4. The zero-order valence-electron chi connectivity index (χ0n) is 16.8. The average molecular weight is 429 g/mol. The Hall–Kier alpha value is -2.19. The maximum atomic E-state index is 12.9. The molecule has 1 aliphatic heterocycles. The number of amides is 1. The van der Waals surface area contributed by atoms with E-state index in [2.05, 4.69) is 28.2 Å². The predicted octanol–water partition coefficient (Wildman–Crippen LogP) is 4.64. The molecule has 2 unspecified atom stereocenters. The fourth-order valence-corrected chi connectivity index (χ4v) is 5.69. The Morgan fingerprint density at radius 1 is 1.21 bits per heavy atom. The number of ether oxygens (including phenoxy) is 1. The Kier molecular flexibility index (Phi) is 6.01. The first-order valence-corrected chi connectivity index (χ1v) is 11.5. The van der Waals surface area contributed by atoms with Crippen molar-refractivity contribution in [2.24, 2.45) is 0 Å². The molecule has 1 fully saturated rings. The molecule has 3 aromatic rings. The van der Waals surface area contributed by atoms with E-state index in [1.165, 1.54) is 29.7 Å². The van der Waals surface area contributed by atoms with E-state index >= 15 is 0 Å². The van der Waals surface area contributed by atoms with Gasteiger partial charge >= 0.3 is 0 Å². The van der Waals surface area contributed by atoms with Gasteiger partial charge in [0.25, 0.3) is 0 Å². The zero-order valence-corrected chi connectivity index (χ0v) is 18.4. The number of benzene rings is 1. The Morgan fingerprint density at radius 2 is 1.93 bits per heavy atom. The number of methoxy groups -OCH3 is 1. The summed E-state index contributed by atoms with van der Waals surface area (Å²) < 4.78 is 10.8. The molecule has 152 valence electrons. The molecule has 6 nitrogen and oxygen atoms in total. The molecule has 0 saturated carbocycles. The molecule has 2 atom stereocenters. The highest BCUT2D eigenvalue weighted by atomic mass is 32.2. The Bertz CT molecular complexity index is 996. The first-order chi connectivity index (χ1) is 14.1. The molecule has 4 rings (SSSR count). The van der Waals surface area contributed by atoms with Gasteiger partial charge in [-0.1, -0.05) is 11.8 Å². The lowest BCUT2D eigenvalue weighted by Gasteiger charge is -2.39. The number of fused-ring (bicyclic) bond motifs is 1. The molecule has 0 aliphatic carbocycles. The Balaban J connectivity index is 1.54. The molecule has 0 spiro atoms. The van der Waals surface area contributed by atoms with E-state index in [1.54, 1.807) is 13.4 Å². The maximum Gasteiger partial charge on any atom is 0.233 e. The molecule has 29 heavy (non-hydrogen) atoms. The van der Waals surface area contributed by atoms with Gasteiger partial charge in [0.15, 0.2) is 0 Å². The van der Waals surface area contributed by atoms with Gasteiger partial charge in [-0.3, -0.25) is 4.79 Å². The minimum absolute atomic E-state index is 0.182. The minimum atomic E-state index is 0.182. The van der Waals surface area contributed by atoms with Crippen molar-refractivity contribution in [2.45, 2.75) is 50.2 Å². The smallest absolute Gasteiger partial charge is 0.233 e. The third-order valence-electron chi connectivity index (χ3n) is 5.40. The van der Waals surface area contributed by atoms with Crippen LogP contribution in [0.4, 0.5) is 0 Å². The highest BCUT2D eigenvalue weighted by Crippen LogP contribution is 2.35. The van der Waals surface area contributed by atoms with Crippen LogP contribution in [-0.4, -0.2) is 50.1 Å². The van der Waals surface area contributed by atoms with Crippen LogP contribution in [0.2, 0.25) is 0 Å². The topological polar surface area (TPSA) is 68.2 Å². The molecular formula is C21H24N4O2S2. The highest BCUT2D eigenvalue weighted by molar-refractivity contribution is 8.00. The van der Waals surface area contributed by atoms with Gasteiger partial charge in [-0.15, -0.1) is 0 Å². The largest absolute Gasteiger partial charge is 0.497 e. The highest BCUT2D eigenvalue weighted by Gasteiger charge is 2.29. The van der Waals surface area contributed by atoms with E-state index in [4.69, 9.17) is 4.74 Å². The summed E-state index contributed by atoms with van der Waals surface area (Å²) in [6.07, 6.45) is 4.92. The van der Waals surface area contributed by atoms with Crippen LogP contribution in [0.3, 0.4) is 0 Å². The Morgan fingerprint density at radius 3 is 2.62 bits per heavy atom. The third-order valence-corrected chi connectivity index (χ3v) is 7.35. The summed E-state index contributed by atoms with van der Waals surface area (Å²) in [4.78, 5) is 23.8. The summed E-state index contributed by atoms with van der Waals surface area (Å²) >= 11 is 2.86. The first-order valence-electron chi connectivity index (χ1n) is 9.77. The van der Waals surface area contributed by atoms with Crippen molar-refractivity contribution in [1.29, 1.82) is 0 Å². The van der Waals surface area contributed by atoms with Crippen LogP contribution in [0.5, 0.6) is 5.75 Å². The van der Waals surface area contributed by atoms with Crippen molar-refractivity contribution in [1.82, 2.24) is 19.2 Å². The van der Waals surface area contributed by atoms with Gasteiger partial charge in [0.1, 0.15) is 33.0 Å². The molecular weight excluding hydrogens is 404 g/mol. The van der Waals surface area contributed by atoms with Crippen molar-refractivity contribution < 1.29 is 9.53 Å². The van der Waals surface area contributed by atoms with Crippen LogP contribution in [0.15, 0.2) is 35.6 Å². The molecule has 2 aromatic heterocycles. The van der Waals surface area contributed by atoms with Crippen molar-refractivity contribution in [3.63, 3.8) is 0 Å². The lowest BCUT2D eigenvalue weighted by atomic mass is 9.98. The lowest BCUT2D eigenvalue weighted by Crippen LogP contribution is -2.48. The number of hydrogen-bond acceptors (Lipinski definition) is 7. The number of aromatic nitrogens is 3. The summed E-state index contributed by atoms with van der Waals surface area (Å²) in [7, 11) is 1.65. The molecule has 8 heteroatoms. The van der Waals surface area contributed by atoms with Gasteiger partial charge in [0.05, 0.1) is 12.9 Å². The quantitative estimate of drug-likeness (QED) is 0.435. The molecule has 1 aromatic carbocycles. The maximum absolute atomic E-state index is 12.9.